The lowest BCUT2D eigenvalue weighted by Gasteiger charge is -2.40. The maximum absolute atomic E-state index is 11.3. The fraction of sp³-hybridized carbons (Fsp3) is 0.929. The van der Waals surface area contributed by atoms with E-state index in [1.54, 1.807) is 0 Å². The van der Waals surface area contributed by atoms with Crippen LogP contribution in [0.1, 0.15) is 53.9 Å². The van der Waals surface area contributed by atoms with Crippen LogP contribution in [0.4, 0.5) is 0 Å². The van der Waals surface area contributed by atoms with E-state index in [1.165, 1.54) is 19.3 Å². The van der Waals surface area contributed by atoms with Gasteiger partial charge in [-0.1, -0.05) is 20.8 Å². The average Bonchev–Trinajstić information content (AvgIpc) is 2.14. The number of hydrogen-bond acceptors (Lipinski definition) is 2. The number of hydrogen-bond donors (Lipinski definition) is 2. The van der Waals surface area contributed by atoms with Crippen molar-refractivity contribution in [1.82, 2.24) is 5.32 Å². The lowest BCUT2D eigenvalue weighted by Crippen LogP contribution is -2.48. The largest absolute Gasteiger partial charge is 0.369 e. The van der Waals surface area contributed by atoms with E-state index in [4.69, 9.17) is 5.73 Å². The molecule has 1 saturated carbocycles. The SMILES string of the molecule is CC1CC(C)(C)CCC1NCC(C)(C)C(N)=O. The van der Waals surface area contributed by atoms with Crippen LogP contribution in [0, 0.1) is 16.7 Å². The third-order valence-electron chi connectivity index (χ3n) is 4.17. The minimum Gasteiger partial charge on any atom is -0.369 e. The molecular weight excluding hydrogens is 212 g/mol. The molecule has 1 aliphatic rings. The lowest BCUT2D eigenvalue weighted by atomic mass is 9.70. The van der Waals surface area contributed by atoms with Crippen LogP contribution in [0.3, 0.4) is 0 Å². The molecule has 0 saturated heterocycles. The Balaban J connectivity index is 2.46. The quantitative estimate of drug-likeness (QED) is 0.792. The number of nitrogens with two attached hydrogens (primary N) is 1. The summed E-state index contributed by atoms with van der Waals surface area (Å²) in [6, 6.07) is 0.529. The maximum atomic E-state index is 11.3. The molecule has 0 bridgehead atoms. The number of primary amides is 1. The van der Waals surface area contributed by atoms with Crippen molar-refractivity contribution in [3.63, 3.8) is 0 Å². The summed E-state index contributed by atoms with van der Waals surface area (Å²) in [5, 5.41) is 3.53. The van der Waals surface area contributed by atoms with E-state index in [2.05, 4.69) is 26.1 Å². The van der Waals surface area contributed by atoms with Gasteiger partial charge in [0, 0.05) is 12.6 Å². The zero-order chi connectivity index (χ0) is 13.3. The summed E-state index contributed by atoms with van der Waals surface area (Å²) in [5.74, 6) is 0.441. The van der Waals surface area contributed by atoms with Crippen LogP contribution in [0.25, 0.3) is 0 Å². The molecule has 3 heteroatoms. The van der Waals surface area contributed by atoms with Crippen molar-refractivity contribution in [2.75, 3.05) is 6.54 Å². The molecule has 2 unspecified atom stereocenters. The summed E-state index contributed by atoms with van der Waals surface area (Å²) in [6.45, 7) is 11.5. The van der Waals surface area contributed by atoms with E-state index in [0.717, 1.165) is 0 Å². The first-order valence-electron chi connectivity index (χ1n) is 6.67. The van der Waals surface area contributed by atoms with E-state index in [9.17, 15) is 4.79 Å². The van der Waals surface area contributed by atoms with Gasteiger partial charge < -0.3 is 11.1 Å². The summed E-state index contributed by atoms with van der Waals surface area (Å²) in [6.07, 6.45) is 3.71. The minimum atomic E-state index is -0.452. The Morgan fingerprint density at radius 1 is 1.47 bits per heavy atom. The van der Waals surface area contributed by atoms with Gasteiger partial charge in [0.05, 0.1) is 5.41 Å². The monoisotopic (exact) mass is 240 g/mol. The van der Waals surface area contributed by atoms with Gasteiger partial charge in [-0.05, 0) is 44.4 Å². The van der Waals surface area contributed by atoms with Crippen molar-refractivity contribution in [2.45, 2.75) is 59.9 Å². The van der Waals surface area contributed by atoms with E-state index >= 15 is 0 Å². The molecule has 0 radical (unpaired) electrons. The molecule has 0 aromatic heterocycles. The maximum Gasteiger partial charge on any atom is 0.224 e. The molecule has 0 aliphatic heterocycles. The standard InChI is InChI=1S/C14H28N2O/c1-10-8-13(2,3)7-6-11(10)16-9-14(4,5)12(15)17/h10-11,16H,6-9H2,1-5H3,(H2,15,17). The predicted octanol–water partition coefficient (Wildman–Crippen LogP) is 2.30. The highest BCUT2D eigenvalue weighted by atomic mass is 16.1. The van der Waals surface area contributed by atoms with Crippen molar-refractivity contribution in [3.8, 4) is 0 Å². The second-order valence-electron chi connectivity index (χ2n) is 7.12. The molecule has 0 heterocycles. The molecular formula is C14H28N2O. The molecule has 3 N–H and O–H groups in total. The second-order valence-corrected chi connectivity index (χ2v) is 7.12. The molecule has 2 atom stereocenters. The van der Waals surface area contributed by atoms with Crippen LogP contribution >= 0.6 is 0 Å². The molecule has 0 spiro atoms. The summed E-state index contributed by atoms with van der Waals surface area (Å²) in [7, 11) is 0. The van der Waals surface area contributed by atoms with Crippen LogP contribution in [-0.4, -0.2) is 18.5 Å². The Kier molecular flexibility index (Phi) is 4.23. The Morgan fingerprint density at radius 2 is 2.06 bits per heavy atom. The highest BCUT2D eigenvalue weighted by molar-refractivity contribution is 5.80. The van der Waals surface area contributed by atoms with E-state index < -0.39 is 5.41 Å². The number of nitrogens with one attached hydrogen (secondary N) is 1. The molecule has 0 aromatic carbocycles. The van der Waals surface area contributed by atoms with Gasteiger partial charge in [-0.25, -0.2) is 0 Å². The van der Waals surface area contributed by atoms with Crippen molar-refractivity contribution in [1.29, 1.82) is 0 Å². The zero-order valence-corrected chi connectivity index (χ0v) is 12.0. The van der Waals surface area contributed by atoms with E-state index in [0.29, 0.717) is 23.9 Å². The Labute approximate surface area is 106 Å². The van der Waals surface area contributed by atoms with Crippen molar-refractivity contribution in [3.05, 3.63) is 0 Å². The van der Waals surface area contributed by atoms with Gasteiger partial charge in [-0.3, -0.25) is 4.79 Å². The molecule has 17 heavy (non-hydrogen) atoms. The van der Waals surface area contributed by atoms with Gasteiger partial charge in [0.25, 0.3) is 0 Å². The second kappa shape index (κ2) is 4.97. The fourth-order valence-corrected chi connectivity index (χ4v) is 2.72. The average molecular weight is 240 g/mol. The minimum absolute atomic E-state index is 0.228. The summed E-state index contributed by atoms with van der Waals surface area (Å²) >= 11 is 0. The lowest BCUT2D eigenvalue weighted by molar-refractivity contribution is -0.125. The normalized spacial score (nSPS) is 29.0. The van der Waals surface area contributed by atoms with Crippen molar-refractivity contribution < 1.29 is 4.79 Å². The summed E-state index contributed by atoms with van der Waals surface area (Å²) in [5.41, 5.74) is 5.40. The first kappa shape index (κ1) is 14.5. The summed E-state index contributed by atoms with van der Waals surface area (Å²) < 4.78 is 0. The highest BCUT2D eigenvalue weighted by Gasteiger charge is 2.33. The first-order valence-corrected chi connectivity index (χ1v) is 6.67. The highest BCUT2D eigenvalue weighted by Crippen LogP contribution is 2.38. The molecule has 1 aliphatic carbocycles. The van der Waals surface area contributed by atoms with Crippen molar-refractivity contribution >= 4 is 5.91 Å². The molecule has 3 nitrogen and oxygen atoms in total. The van der Waals surface area contributed by atoms with E-state index in [-0.39, 0.29) is 5.91 Å². The molecule has 1 fully saturated rings. The smallest absolute Gasteiger partial charge is 0.224 e. The van der Waals surface area contributed by atoms with Gasteiger partial charge in [0.2, 0.25) is 5.91 Å². The number of carbonyl (C=O) groups is 1. The number of amides is 1. The molecule has 100 valence electrons. The van der Waals surface area contributed by atoms with Crippen LogP contribution < -0.4 is 11.1 Å². The third kappa shape index (κ3) is 3.98. The Bertz CT molecular complexity index is 284. The van der Waals surface area contributed by atoms with Crippen LogP contribution in [0.15, 0.2) is 0 Å². The third-order valence-corrected chi connectivity index (χ3v) is 4.17. The van der Waals surface area contributed by atoms with Gasteiger partial charge in [-0.15, -0.1) is 0 Å². The van der Waals surface area contributed by atoms with Gasteiger partial charge in [0.1, 0.15) is 0 Å². The Morgan fingerprint density at radius 3 is 2.53 bits per heavy atom. The zero-order valence-electron chi connectivity index (χ0n) is 12.0. The van der Waals surface area contributed by atoms with Crippen LogP contribution in [0.5, 0.6) is 0 Å². The van der Waals surface area contributed by atoms with Crippen molar-refractivity contribution in [2.24, 2.45) is 22.5 Å². The molecule has 1 rings (SSSR count). The number of carbonyl (C=O) groups excluding carboxylic acids is 1. The Hall–Kier alpha value is -0.570. The van der Waals surface area contributed by atoms with Gasteiger partial charge in [-0.2, -0.15) is 0 Å². The number of rotatable bonds is 4. The topological polar surface area (TPSA) is 55.1 Å². The predicted molar refractivity (Wildman–Crippen MR) is 71.6 cm³/mol. The first-order chi connectivity index (χ1) is 7.64. The van der Waals surface area contributed by atoms with E-state index in [1.807, 2.05) is 13.8 Å². The fourth-order valence-electron chi connectivity index (χ4n) is 2.72. The van der Waals surface area contributed by atoms with Gasteiger partial charge >= 0.3 is 0 Å². The molecule has 1 amide bonds. The van der Waals surface area contributed by atoms with Gasteiger partial charge in [0.15, 0.2) is 0 Å². The molecule has 0 aromatic rings. The van der Waals surface area contributed by atoms with Crippen LogP contribution in [0.2, 0.25) is 0 Å². The van der Waals surface area contributed by atoms with Crippen LogP contribution in [-0.2, 0) is 4.79 Å². The summed E-state index contributed by atoms with van der Waals surface area (Å²) in [4.78, 5) is 11.3.